The van der Waals surface area contributed by atoms with E-state index in [1.165, 1.54) is 141 Å². The Kier molecular flexibility index (Phi) is 25.3. The molecule has 0 aromatic carbocycles. The fourth-order valence-corrected chi connectivity index (χ4v) is 6.21. The summed E-state index contributed by atoms with van der Waals surface area (Å²) in [7, 11) is 0. The van der Waals surface area contributed by atoms with Gasteiger partial charge in [0.15, 0.2) is 0 Å². The Bertz CT molecular complexity index is 746. The molecule has 1 saturated carbocycles. The summed E-state index contributed by atoms with van der Waals surface area (Å²) in [6, 6.07) is 0. The molecule has 0 radical (unpaired) electrons. The lowest BCUT2D eigenvalue weighted by molar-refractivity contribution is -0.263. The van der Waals surface area contributed by atoms with Gasteiger partial charge in [-0.2, -0.15) is 0 Å². The van der Waals surface area contributed by atoms with Crippen molar-refractivity contribution in [3.63, 3.8) is 0 Å². The van der Waals surface area contributed by atoms with E-state index < -0.39 is 28.9 Å². The number of rotatable bonds is 32. The fraction of sp³-hybridized carbons (Fsp3) is 0.895. The highest BCUT2D eigenvalue weighted by Crippen LogP contribution is 2.43. The van der Waals surface area contributed by atoms with Crippen LogP contribution in [0.2, 0.25) is 0 Å². The molecular weight excluding hydrogens is 552 g/mol. The highest BCUT2D eigenvalue weighted by molar-refractivity contribution is 6.69. The van der Waals surface area contributed by atoms with Crippen molar-refractivity contribution in [3.05, 3.63) is 0 Å². The van der Waals surface area contributed by atoms with E-state index in [0.717, 1.165) is 32.1 Å². The van der Waals surface area contributed by atoms with Gasteiger partial charge >= 0.3 is 11.9 Å². The van der Waals surface area contributed by atoms with Crippen LogP contribution in [0, 0.1) is 5.41 Å². The van der Waals surface area contributed by atoms with Crippen LogP contribution in [0.25, 0.3) is 0 Å². The quantitative estimate of drug-likeness (QED) is 0.0244. The van der Waals surface area contributed by atoms with Crippen molar-refractivity contribution in [1.29, 1.82) is 0 Å². The topological polar surface area (TPSA) is 86.7 Å². The number of carbonyl (C=O) groups is 4. The summed E-state index contributed by atoms with van der Waals surface area (Å²) in [5, 5.41) is 0. The molecule has 6 nitrogen and oxygen atoms in total. The number of Topliss-reactive ketones (excluding diaryl/α,β-unsaturated/α-hetero) is 2. The zero-order chi connectivity index (χ0) is 32.1. The Morgan fingerprint density at radius 1 is 0.432 bits per heavy atom. The van der Waals surface area contributed by atoms with E-state index in [1.54, 1.807) is 0 Å². The zero-order valence-electron chi connectivity index (χ0n) is 28.9. The van der Waals surface area contributed by atoms with Crippen molar-refractivity contribution >= 4 is 23.5 Å². The summed E-state index contributed by atoms with van der Waals surface area (Å²) >= 11 is 0. The number of carbonyl (C=O) groups excluding carboxylic acids is 4. The van der Waals surface area contributed by atoms with Crippen LogP contribution in [0.4, 0.5) is 0 Å². The standard InChI is InChI=1S/C38H68O6/c1-3-5-7-9-11-13-15-17-19-20-22-24-26-28-30-32-34(39)43-44-37(42)38(35(40)36(38)41)33-31-29-27-25-23-21-18-16-14-12-10-8-6-4-2/h3-33H2,1-2H3. The minimum Gasteiger partial charge on any atom is -0.289 e. The van der Waals surface area contributed by atoms with Gasteiger partial charge in [-0.25, -0.2) is 19.4 Å². The van der Waals surface area contributed by atoms with Crippen LogP contribution in [-0.2, 0) is 29.0 Å². The van der Waals surface area contributed by atoms with E-state index >= 15 is 0 Å². The molecule has 0 aliphatic heterocycles. The Balaban J connectivity index is 1.98. The maximum absolute atomic E-state index is 12.5. The third-order valence-corrected chi connectivity index (χ3v) is 9.37. The molecule has 44 heavy (non-hydrogen) atoms. The molecule has 1 rings (SSSR count). The van der Waals surface area contributed by atoms with Crippen molar-refractivity contribution in [1.82, 2.24) is 0 Å². The smallest absolute Gasteiger partial charge is 0.289 e. The van der Waals surface area contributed by atoms with Crippen LogP contribution < -0.4 is 0 Å². The van der Waals surface area contributed by atoms with E-state index in [2.05, 4.69) is 23.6 Å². The second-order valence-corrected chi connectivity index (χ2v) is 13.4. The van der Waals surface area contributed by atoms with Gasteiger partial charge in [0.25, 0.3) is 0 Å². The van der Waals surface area contributed by atoms with Crippen LogP contribution in [0.1, 0.15) is 213 Å². The van der Waals surface area contributed by atoms with Crippen LogP contribution in [0.15, 0.2) is 0 Å². The molecule has 1 aliphatic rings. The predicted octanol–water partition coefficient (Wildman–Crippen LogP) is 11.3. The molecule has 0 aromatic heterocycles. The molecule has 1 aliphatic carbocycles. The normalized spacial score (nSPS) is 13.8. The largest absolute Gasteiger partial charge is 0.377 e. The first-order valence-electron chi connectivity index (χ1n) is 19.0. The highest BCUT2D eigenvalue weighted by atomic mass is 17.2. The molecule has 0 atom stereocenters. The average molecular weight is 621 g/mol. The summed E-state index contributed by atoms with van der Waals surface area (Å²) in [6.07, 6.45) is 35.8. The first-order valence-corrected chi connectivity index (χ1v) is 19.0. The lowest BCUT2D eigenvalue weighted by Gasteiger charge is -2.09. The predicted molar refractivity (Wildman–Crippen MR) is 179 cm³/mol. The molecule has 0 saturated heterocycles. The summed E-state index contributed by atoms with van der Waals surface area (Å²) in [4.78, 5) is 57.9. The summed E-state index contributed by atoms with van der Waals surface area (Å²) < 4.78 is 0. The van der Waals surface area contributed by atoms with Crippen molar-refractivity contribution < 1.29 is 29.0 Å². The molecule has 256 valence electrons. The van der Waals surface area contributed by atoms with Crippen LogP contribution in [-0.4, -0.2) is 23.5 Å². The first-order chi connectivity index (χ1) is 21.5. The maximum atomic E-state index is 12.5. The van der Waals surface area contributed by atoms with Gasteiger partial charge in [0.2, 0.25) is 17.0 Å². The second kappa shape index (κ2) is 27.6. The van der Waals surface area contributed by atoms with Crippen LogP contribution >= 0.6 is 0 Å². The van der Waals surface area contributed by atoms with Crippen molar-refractivity contribution in [2.45, 2.75) is 213 Å². The molecular formula is C38H68O6. The van der Waals surface area contributed by atoms with Gasteiger partial charge in [-0.1, -0.05) is 194 Å². The van der Waals surface area contributed by atoms with Gasteiger partial charge in [-0.15, -0.1) is 0 Å². The molecule has 0 amide bonds. The van der Waals surface area contributed by atoms with E-state index in [1.807, 2.05) is 0 Å². The molecule has 6 heteroatoms. The third kappa shape index (κ3) is 18.9. The second-order valence-electron chi connectivity index (χ2n) is 13.4. The molecule has 1 fully saturated rings. The number of ketones is 2. The van der Waals surface area contributed by atoms with Gasteiger partial charge in [0, 0.05) is 0 Å². The Morgan fingerprint density at radius 2 is 0.727 bits per heavy atom. The lowest BCUT2D eigenvalue weighted by atomic mass is 9.97. The van der Waals surface area contributed by atoms with Crippen LogP contribution in [0.5, 0.6) is 0 Å². The van der Waals surface area contributed by atoms with Gasteiger partial charge in [0.05, 0.1) is 6.42 Å². The highest BCUT2D eigenvalue weighted by Gasteiger charge is 2.72. The number of hydrogen-bond acceptors (Lipinski definition) is 6. The van der Waals surface area contributed by atoms with E-state index in [0.29, 0.717) is 12.8 Å². The Morgan fingerprint density at radius 3 is 1.05 bits per heavy atom. The maximum Gasteiger partial charge on any atom is 0.377 e. The average Bonchev–Trinajstić information content (AvgIpc) is 3.56. The van der Waals surface area contributed by atoms with E-state index in [4.69, 9.17) is 0 Å². The third-order valence-electron chi connectivity index (χ3n) is 9.37. The molecule has 0 bridgehead atoms. The summed E-state index contributed by atoms with van der Waals surface area (Å²) in [5.41, 5.74) is -1.73. The minimum atomic E-state index is -1.73. The first kappa shape index (κ1) is 40.3. The van der Waals surface area contributed by atoms with Crippen molar-refractivity contribution in [2.75, 3.05) is 0 Å². The molecule has 0 unspecified atom stereocenters. The molecule has 0 N–H and O–H groups in total. The zero-order valence-corrected chi connectivity index (χ0v) is 28.9. The fourth-order valence-electron chi connectivity index (χ4n) is 6.21. The summed E-state index contributed by atoms with van der Waals surface area (Å²) in [6.45, 7) is 4.51. The van der Waals surface area contributed by atoms with Crippen molar-refractivity contribution in [3.8, 4) is 0 Å². The minimum absolute atomic E-state index is 0.151. The molecule has 0 spiro atoms. The van der Waals surface area contributed by atoms with Crippen LogP contribution in [0.3, 0.4) is 0 Å². The lowest BCUT2D eigenvalue weighted by Crippen LogP contribution is -2.24. The number of unbranched alkanes of at least 4 members (excludes halogenated alkanes) is 27. The van der Waals surface area contributed by atoms with Crippen molar-refractivity contribution in [2.24, 2.45) is 5.41 Å². The van der Waals surface area contributed by atoms with Gasteiger partial charge in [-0.05, 0) is 12.8 Å². The van der Waals surface area contributed by atoms with Gasteiger partial charge in [-0.3, -0.25) is 9.59 Å². The number of hydrogen-bond donors (Lipinski definition) is 0. The van der Waals surface area contributed by atoms with E-state index in [9.17, 15) is 19.2 Å². The van der Waals surface area contributed by atoms with Gasteiger partial charge < -0.3 is 0 Å². The monoisotopic (exact) mass is 621 g/mol. The van der Waals surface area contributed by atoms with E-state index in [-0.39, 0.29) is 12.8 Å². The summed E-state index contributed by atoms with van der Waals surface area (Å²) in [5.74, 6) is -3.07. The van der Waals surface area contributed by atoms with Gasteiger partial charge in [0.1, 0.15) is 0 Å². The molecule has 0 heterocycles. The Hall–Kier alpha value is -1.72. The Labute approximate surface area is 270 Å². The SMILES string of the molecule is CCCCCCCCCCCCCCCCCC(=O)OOC(=O)C1(CCCCCCCCCCCCCCCC)C(=O)C1=O. The molecule has 0 aromatic rings.